The summed E-state index contributed by atoms with van der Waals surface area (Å²) in [6.07, 6.45) is 0. The van der Waals surface area contributed by atoms with Crippen LogP contribution in [0.1, 0.15) is 0 Å². The molecular formula is C46H27N3S. The van der Waals surface area contributed by atoms with E-state index in [0.717, 1.165) is 33.7 Å². The summed E-state index contributed by atoms with van der Waals surface area (Å²) in [6.45, 7) is 0. The lowest BCUT2D eigenvalue weighted by molar-refractivity contribution is 1.05. The number of hydrogen-bond donors (Lipinski definition) is 0. The van der Waals surface area contributed by atoms with Crippen LogP contribution in [-0.2, 0) is 0 Å². The summed E-state index contributed by atoms with van der Waals surface area (Å²) >= 11 is 1.89. The quantitative estimate of drug-likeness (QED) is 0.177. The number of aromatic nitrogens is 3. The Labute approximate surface area is 291 Å². The van der Waals surface area contributed by atoms with E-state index < -0.39 is 0 Å². The van der Waals surface area contributed by atoms with Gasteiger partial charge in [0.1, 0.15) is 5.82 Å². The fraction of sp³-hybridized carbons (Fsp3) is 0. The zero-order chi connectivity index (χ0) is 32.8. The van der Waals surface area contributed by atoms with E-state index in [2.05, 4.69) is 150 Å². The SMILES string of the molecule is c1ccc(-c2nc(-c3cccc(-c4ccc5sc6cccc7c8ccccc8c4c5c67)c3)cc(-n3c4ccccc4c4ccccc43)n2)cc1. The molecule has 8 aromatic carbocycles. The van der Waals surface area contributed by atoms with E-state index in [4.69, 9.17) is 9.97 Å². The molecule has 50 heavy (non-hydrogen) atoms. The van der Waals surface area contributed by atoms with Crippen LogP contribution < -0.4 is 0 Å². The molecule has 0 aliphatic carbocycles. The Morgan fingerprint density at radius 3 is 1.80 bits per heavy atom. The van der Waals surface area contributed by atoms with Gasteiger partial charge < -0.3 is 0 Å². The predicted octanol–water partition coefficient (Wildman–Crippen LogP) is 12.7. The lowest BCUT2D eigenvalue weighted by atomic mass is 9.89. The molecule has 11 aromatic rings. The number of benzene rings is 8. The molecule has 0 aliphatic heterocycles. The van der Waals surface area contributed by atoms with Crippen LogP contribution >= 0.6 is 11.3 Å². The van der Waals surface area contributed by atoms with Gasteiger partial charge >= 0.3 is 0 Å². The Morgan fingerprint density at radius 2 is 1.00 bits per heavy atom. The van der Waals surface area contributed by atoms with Gasteiger partial charge in [0.05, 0.1) is 16.7 Å². The molecule has 0 unspecified atom stereocenters. The van der Waals surface area contributed by atoms with E-state index in [1.54, 1.807) is 0 Å². The predicted molar refractivity (Wildman–Crippen MR) is 212 cm³/mol. The second-order valence-electron chi connectivity index (χ2n) is 12.9. The van der Waals surface area contributed by atoms with Crippen LogP contribution in [0.4, 0.5) is 0 Å². The normalized spacial score (nSPS) is 12.0. The van der Waals surface area contributed by atoms with Gasteiger partial charge in [-0.1, -0.05) is 127 Å². The maximum atomic E-state index is 5.23. The molecule has 0 bridgehead atoms. The molecule has 3 heterocycles. The van der Waals surface area contributed by atoms with Gasteiger partial charge in [-0.25, -0.2) is 9.97 Å². The van der Waals surface area contributed by atoms with Crippen molar-refractivity contribution in [3.63, 3.8) is 0 Å². The molecule has 0 N–H and O–H groups in total. The fourth-order valence-corrected chi connectivity index (χ4v) is 9.16. The minimum Gasteiger partial charge on any atom is -0.294 e. The molecule has 0 amide bonds. The van der Waals surface area contributed by atoms with E-state index in [-0.39, 0.29) is 0 Å². The summed E-state index contributed by atoms with van der Waals surface area (Å²) in [5.74, 6) is 1.55. The average molecular weight is 654 g/mol. The molecular weight excluding hydrogens is 627 g/mol. The highest BCUT2D eigenvalue weighted by Gasteiger charge is 2.20. The van der Waals surface area contributed by atoms with Crippen molar-refractivity contribution in [2.75, 3.05) is 0 Å². The Morgan fingerprint density at radius 1 is 0.400 bits per heavy atom. The van der Waals surface area contributed by atoms with E-state index in [1.165, 1.54) is 63.6 Å². The Hall–Kier alpha value is -6.36. The molecule has 0 fully saturated rings. The second kappa shape index (κ2) is 10.6. The fourth-order valence-electron chi connectivity index (χ4n) is 8.02. The zero-order valence-electron chi connectivity index (χ0n) is 26.8. The largest absolute Gasteiger partial charge is 0.294 e. The number of nitrogens with zero attached hydrogens (tertiary/aromatic N) is 3. The van der Waals surface area contributed by atoms with Gasteiger partial charge in [-0.15, -0.1) is 11.3 Å². The van der Waals surface area contributed by atoms with Crippen molar-refractivity contribution in [2.45, 2.75) is 0 Å². The number of rotatable bonds is 4. The second-order valence-corrected chi connectivity index (χ2v) is 14.0. The molecule has 0 radical (unpaired) electrons. The highest BCUT2D eigenvalue weighted by atomic mass is 32.1. The van der Waals surface area contributed by atoms with Crippen LogP contribution in [-0.4, -0.2) is 14.5 Å². The van der Waals surface area contributed by atoms with E-state index in [1.807, 2.05) is 29.5 Å². The first-order valence-corrected chi connectivity index (χ1v) is 17.7. The lowest BCUT2D eigenvalue weighted by Crippen LogP contribution is -2.02. The van der Waals surface area contributed by atoms with Crippen LogP contribution in [0.5, 0.6) is 0 Å². The van der Waals surface area contributed by atoms with E-state index >= 15 is 0 Å². The van der Waals surface area contributed by atoms with Gasteiger partial charge in [0.15, 0.2) is 5.82 Å². The van der Waals surface area contributed by atoms with Crippen LogP contribution in [0, 0.1) is 0 Å². The molecule has 11 rings (SSSR count). The zero-order valence-corrected chi connectivity index (χ0v) is 27.7. The third-order valence-electron chi connectivity index (χ3n) is 10.2. The van der Waals surface area contributed by atoms with Crippen LogP contribution in [0.15, 0.2) is 164 Å². The first kappa shape index (κ1) is 27.6. The van der Waals surface area contributed by atoms with Gasteiger partial charge in [-0.05, 0) is 63.0 Å². The highest BCUT2D eigenvalue weighted by molar-refractivity contribution is 7.26. The number of thiophene rings is 1. The van der Waals surface area contributed by atoms with Gasteiger partial charge in [0, 0.05) is 48.1 Å². The maximum absolute atomic E-state index is 5.23. The van der Waals surface area contributed by atoms with Crippen LogP contribution in [0.25, 0.3) is 103 Å². The Bertz CT molecular complexity index is 3040. The molecule has 3 aromatic heterocycles. The summed E-state index contributed by atoms with van der Waals surface area (Å²) in [5.41, 5.74) is 7.58. The van der Waals surface area contributed by atoms with Crippen molar-refractivity contribution in [1.29, 1.82) is 0 Å². The smallest absolute Gasteiger partial charge is 0.162 e. The number of hydrogen-bond acceptors (Lipinski definition) is 3. The molecule has 0 saturated heterocycles. The molecule has 0 spiro atoms. The molecule has 0 saturated carbocycles. The summed E-state index contributed by atoms with van der Waals surface area (Å²) in [6, 6.07) is 58.7. The average Bonchev–Trinajstić information content (AvgIpc) is 3.74. The van der Waals surface area contributed by atoms with E-state index in [0.29, 0.717) is 5.82 Å². The first-order valence-electron chi connectivity index (χ1n) is 16.9. The molecule has 232 valence electrons. The van der Waals surface area contributed by atoms with Gasteiger partial charge in [0.2, 0.25) is 0 Å². The first-order chi connectivity index (χ1) is 24.8. The summed E-state index contributed by atoms with van der Waals surface area (Å²) < 4.78 is 4.95. The standard InChI is InChI=1S/C46H27N3S/c1-2-12-28(13-3-1)46-47-37(27-42(48-46)49-38-21-8-6-17-33(38)34-18-7-9-22-39(34)49)30-15-10-14-29(26-30)31-24-25-41-45-43(31)35-19-5-4-16-32(35)36-20-11-23-40(50-41)44(36)45/h1-27H. The molecule has 0 atom stereocenters. The number of para-hydroxylation sites is 2. The summed E-state index contributed by atoms with van der Waals surface area (Å²) in [5, 5.41) is 10.4. The topological polar surface area (TPSA) is 30.7 Å². The van der Waals surface area contributed by atoms with Crippen molar-refractivity contribution < 1.29 is 0 Å². The van der Waals surface area contributed by atoms with Gasteiger partial charge in [-0.3, -0.25) is 4.57 Å². The third kappa shape index (κ3) is 3.97. The highest BCUT2D eigenvalue weighted by Crippen LogP contribution is 2.48. The molecule has 0 aliphatic rings. The van der Waals surface area contributed by atoms with Crippen molar-refractivity contribution in [1.82, 2.24) is 14.5 Å². The Balaban J connectivity index is 1.17. The third-order valence-corrected chi connectivity index (χ3v) is 11.3. The van der Waals surface area contributed by atoms with Crippen molar-refractivity contribution in [3.05, 3.63) is 164 Å². The summed E-state index contributed by atoms with van der Waals surface area (Å²) in [7, 11) is 0. The Kier molecular flexibility index (Phi) is 5.83. The van der Waals surface area contributed by atoms with Gasteiger partial charge in [-0.2, -0.15) is 0 Å². The minimum atomic E-state index is 0.702. The lowest BCUT2D eigenvalue weighted by Gasteiger charge is -2.15. The van der Waals surface area contributed by atoms with Crippen molar-refractivity contribution in [2.24, 2.45) is 0 Å². The number of fused-ring (bicyclic) bond motifs is 6. The minimum absolute atomic E-state index is 0.702. The van der Waals surface area contributed by atoms with Gasteiger partial charge in [0.25, 0.3) is 0 Å². The molecule has 4 heteroatoms. The summed E-state index contributed by atoms with van der Waals surface area (Å²) in [4.78, 5) is 10.4. The van der Waals surface area contributed by atoms with E-state index in [9.17, 15) is 0 Å². The van der Waals surface area contributed by atoms with Crippen molar-refractivity contribution in [3.8, 4) is 39.6 Å². The maximum Gasteiger partial charge on any atom is 0.162 e. The van der Waals surface area contributed by atoms with Crippen molar-refractivity contribution >= 4 is 74.9 Å². The molecule has 3 nitrogen and oxygen atoms in total. The van der Waals surface area contributed by atoms with Crippen LogP contribution in [0.2, 0.25) is 0 Å². The monoisotopic (exact) mass is 653 g/mol. The van der Waals surface area contributed by atoms with Crippen LogP contribution in [0.3, 0.4) is 0 Å².